The zero-order valence-electron chi connectivity index (χ0n) is 16.1. The molecule has 3 rings (SSSR count). The lowest BCUT2D eigenvalue weighted by Crippen LogP contribution is -2.29. The van der Waals surface area contributed by atoms with Crippen molar-refractivity contribution in [3.05, 3.63) is 58.0 Å². The maximum absolute atomic E-state index is 12.8. The Bertz CT molecular complexity index is 1200. The van der Waals surface area contributed by atoms with Gasteiger partial charge in [0.05, 0.1) is 16.0 Å². The maximum atomic E-state index is 12.8. The van der Waals surface area contributed by atoms with Crippen molar-refractivity contribution in [2.75, 3.05) is 12.5 Å². The van der Waals surface area contributed by atoms with Crippen LogP contribution >= 0.6 is 35.0 Å². The van der Waals surface area contributed by atoms with E-state index in [1.54, 1.807) is 19.1 Å². The summed E-state index contributed by atoms with van der Waals surface area (Å²) in [5.74, 6) is 0.442. The average molecular weight is 486 g/mol. The zero-order valence-corrected chi connectivity index (χ0v) is 19.3. The monoisotopic (exact) mass is 485 g/mol. The summed E-state index contributed by atoms with van der Waals surface area (Å²) >= 11 is 13.3. The minimum atomic E-state index is -3.52. The fourth-order valence-electron chi connectivity index (χ4n) is 2.59. The van der Waals surface area contributed by atoms with E-state index in [2.05, 4.69) is 20.4 Å². The van der Waals surface area contributed by atoms with Crippen molar-refractivity contribution in [1.82, 2.24) is 25.1 Å². The number of hydrogen-bond acceptors (Lipinski definition) is 7. The standard InChI is InChI=1S/C18H17Cl2N5O3S2/c1-10(22-17(26)11-6-13(20)8-14(7-11)30(3,27)28)16-23-18(29-2)24-25(16)15-5-4-12(19)9-21-15/h4-10H,1-3H3,(H,22,26). The Kier molecular flexibility index (Phi) is 6.71. The van der Waals surface area contributed by atoms with Crippen molar-refractivity contribution in [2.45, 2.75) is 23.0 Å². The molecule has 2 aromatic heterocycles. The number of carbonyl (C=O) groups is 1. The molecule has 0 aliphatic heterocycles. The predicted molar refractivity (Wildman–Crippen MR) is 116 cm³/mol. The van der Waals surface area contributed by atoms with E-state index < -0.39 is 21.8 Å². The van der Waals surface area contributed by atoms with Crippen LogP contribution in [0.1, 0.15) is 29.1 Å². The van der Waals surface area contributed by atoms with E-state index in [4.69, 9.17) is 23.2 Å². The molecule has 1 amide bonds. The minimum absolute atomic E-state index is 0.0361. The second-order valence-electron chi connectivity index (χ2n) is 6.35. The number of amides is 1. The summed E-state index contributed by atoms with van der Waals surface area (Å²) in [6.07, 6.45) is 4.37. The summed E-state index contributed by atoms with van der Waals surface area (Å²) in [6.45, 7) is 1.74. The number of nitrogens with zero attached hydrogens (tertiary/aromatic N) is 4. The molecule has 0 aliphatic rings. The van der Waals surface area contributed by atoms with Crippen LogP contribution in [0.3, 0.4) is 0 Å². The van der Waals surface area contributed by atoms with Gasteiger partial charge in [0.1, 0.15) is 0 Å². The van der Waals surface area contributed by atoms with Gasteiger partial charge in [0.15, 0.2) is 21.5 Å². The number of hydrogen-bond donors (Lipinski definition) is 1. The van der Waals surface area contributed by atoms with Crippen molar-refractivity contribution < 1.29 is 13.2 Å². The molecule has 0 aliphatic carbocycles. The summed E-state index contributed by atoms with van der Waals surface area (Å²) in [4.78, 5) is 21.4. The molecule has 0 saturated heterocycles. The highest BCUT2D eigenvalue weighted by Gasteiger charge is 2.21. The molecule has 0 fully saturated rings. The van der Waals surface area contributed by atoms with Gasteiger partial charge < -0.3 is 5.32 Å². The lowest BCUT2D eigenvalue weighted by atomic mass is 10.2. The molecular weight excluding hydrogens is 469 g/mol. The smallest absolute Gasteiger partial charge is 0.251 e. The quantitative estimate of drug-likeness (QED) is 0.531. The highest BCUT2D eigenvalue weighted by Crippen LogP contribution is 2.22. The van der Waals surface area contributed by atoms with E-state index in [1.807, 2.05) is 6.26 Å². The van der Waals surface area contributed by atoms with E-state index >= 15 is 0 Å². The number of rotatable bonds is 6. The van der Waals surface area contributed by atoms with Gasteiger partial charge >= 0.3 is 0 Å². The molecular formula is C18H17Cl2N5O3S2. The minimum Gasteiger partial charge on any atom is -0.342 e. The second-order valence-corrected chi connectivity index (χ2v) is 10.0. The first-order valence-corrected chi connectivity index (χ1v) is 12.4. The molecule has 8 nitrogen and oxygen atoms in total. The molecule has 1 aromatic carbocycles. The van der Waals surface area contributed by atoms with Crippen LogP contribution in [0.4, 0.5) is 0 Å². The van der Waals surface area contributed by atoms with E-state index in [-0.39, 0.29) is 15.5 Å². The third-order valence-electron chi connectivity index (χ3n) is 4.02. The molecule has 1 unspecified atom stereocenters. The molecule has 0 saturated carbocycles. The average Bonchev–Trinajstić information content (AvgIpc) is 3.12. The maximum Gasteiger partial charge on any atom is 0.251 e. The molecule has 3 aromatic rings. The molecule has 12 heteroatoms. The number of aromatic nitrogens is 4. The Labute approximate surface area is 187 Å². The summed E-state index contributed by atoms with van der Waals surface area (Å²) in [5.41, 5.74) is 0.121. The van der Waals surface area contributed by atoms with Crippen molar-refractivity contribution in [1.29, 1.82) is 0 Å². The number of carbonyl (C=O) groups excluding carboxylic acids is 1. The van der Waals surface area contributed by atoms with E-state index in [9.17, 15) is 13.2 Å². The van der Waals surface area contributed by atoms with Gasteiger partial charge in [-0.25, -0.2) is 18.4 Å². The molecule has 2 heterocycles. The molecule has 0 bridgehead atoms. The number of benzene rings is 1. The molecule has 158 valence electrons. The lowest BCUT2D eigenvalue weighted by molar-refractivity contribution is 0.0937. The van der Waals surface area contributed by atoms with Crippen molar-refractivity contribution in [2.24, 2.45) is 0 Å². The number of nitrogens with one attached hydrogen (secondary N) is 1. The SMILES string of the molecule is CSc1nc(C(C)NC(=O)c2cc(Cl)cc(S(C)(=O)=O)c2)n(-c2ccc(Cl)cn2)n1. The number of halogens is 2. The Hall–Kier alpha value is -2.14. The lowest BCUT2D eigenvalue weighted by Gasteiger charge is -2.15. The Morgan fingerprint density at radius 1 is 1.20 bits per heavy atom. The van der Waals surface area contributed by atoms with Crippen LogP contribution in [0, 0.1) is 0 Å². The first-order chi connectivity index (χ1) is 14.1. The van der Waals surface area contributed by atoms with Crippen LogP contribution in [0.2, 0.25) is 10.0 Å². The van der Waals surface area contributed by atoms with Crippen molar-refractivity contribution >= 4 is 50.7 Å². The number of sulfone groups is 1. The molecule has 1 atom stereocenters. The van der Waals surface area contributed by atoms with E-state index in [1.165, 1.54) is 40.8 Å². The van der Waals surface area contributed by atoms with Crippen LogP contribution < -0.4 is 5.32 Å². The topological polar surface area (TPSA) is 107 Å². The van der Waals surface area contributed by atoms with Crippen LogP contribution in [0.25, 0.3) is 5.82 Å². The Morgan fingerprint density at radius 3 is 2.53 bits per heavy atom. The molecule has 0 radical (unpaired) electrons. The van der Waals surface area contributed by atoms with E-state index in [0.29, 0.717) is 21.8 Å². The van der Waals surface area contributed by atoms with Gasteiger partial charge in [-0.1, -0.05) is 35.0 Å². The van der Waals surface area contributed by atoms with Crippen LogP contribution in [-0.4, -0.2) is 46.6 Å². The van der Waals surface area contributed by atoms with Crippen molar-refractivity contribution in [3.8, 4) is 5.82 Å². The van der Waals surface area contributed by atoms with Crippen LogP contribution in [0.5, 0.6) is 0 Å². The summed E-state index contributed by atoms with van der Waals surface area (Å²) < 4.78 is 25.2. The van der Waals surface area contributed by atoms with Gasteiger partial charge in [0.2, 0.25) is 5.16 Å². The second kappa shape index (κ2) is 8.93. The molecule has 1 N–H and O–H groups in total. The highest BCUT2D eigenvalue weighted by atomic mass is 35.5. The third kappa shape index (κ3) is 5.12. The van der Waals surface area contributed by atoms with Crippen molar-refractivity contribution in [3.63, 3.8) is 0 Å². The van der Waals surface area contributed by atoms with E-state index in [0.717, 1.165) is 6.26 Å². The van der Waals surface area contributed by atoms with Gasteiger partial charge in [0.25, 0.3) is 5.91 Å². The zero-order chi connectivity index (χ0) is 22.1. The Morgan fingerprint density at radius 2 is 1.93 bits per heavy atom. The fraction of sp³-hybridized carbons (Fsp3) is 0.222. The normalized spacial score (nSPS) is 12.6. The largest absolute Gasteiger partial charge is 0.342 e. The summed E-state index contributed by atoms with van der Waals surface area (Å²) in [6, 6.07) is 6.78. The summed E-state index contributed by atoms with van der Waals surface area (Å²) in [7, 11) is -3.52. The third-order valence-corrected chi connectivity index (χ3v) is 6.09. The van der Waals surface area contributed by atoms with Crippen LogP contribution in [-0.2, 0) is 9.84 Å². The number of pyridine rings is 1. The first-order valence-electron chi connectivity index (χ1n) is 8.53. The van der Waals surface area contributed by atoms with Gasteiger partial charge in [-0.05, 0) is 43.5 Å². The van der Waals surface area contributed by atoms with Gasteiger partial charge in [-0.3, -0.25) is 4.79 Å². The van der Waals surface area contributed by atoms with Crippen LogP contribution in [0.15, 0.2) is 46.6 Å². The Balaban J connectivity index is 1.92. The molecule has 0 spiro atoms. The summed E-state index contributed by atoms with van der Waals surface area (Å²) in [5, 5.41) is 8.33. The molecule has 30 heavy (non-hydrogen) atoms. The van der Waals surface area contributed by atoms with Gasteiger partial charge in [-0.15, -0.1) is 5.10 Å². The highest BCUT2D eigenvalue weighted by molar-refractivity contribution is 7.98. The fourth-order valence-corrected chi connectivity index (χ4v) is 4.03. The first kappa shape index (κ1) is 22.5. The number of thioether (sulfide) groups is 1. The van der Waals surface area contributed by atoms with Gasteiger partial charge in [-0.2, -0.15) is 4.68 Å². The van der Waals surface area contributed by atoms with Gasteiger partial charge in [0, 0.05) is 23.0 Å². The predicted octanol–water partition coefficient (Wildman–Crippen LogP) is 3.59.